The fourth-order valence-electron chi connectivity index (χ4n) is 4.32. The summed E-state index contributed by atoms with van der Waals surface area (Å²) in [5, 5.41) is 6.53. The summed E-state index contributed by atoms with van der Waals surface area (Å²) in [4.78, 5) is 15.7. The number of nitrogens with zero attached hydrogens (tertiary/aromatic N) is 1. The van der Waals surface area contributed by atoms with E-state index in [-0.39, 0.29) is 11.7 Å². The number of aldehydes is 1. The van der Waals surface area contributed by atoms with Gasteiger partial charge in [0.15, 0.2) is 6.29 Å². The minimum atomic E-state index is -0.478. The maximum atomic E-state index is 14.6. The molecule has 1 saturated carbocycles. The summed E-state index contributed by atoms with van der Waals surface area (Å²) >= 11 is 0. The first kappa shape index (κ1) is 21.9. The molecule has 0 unspecified atom stereocenters. The molecule has 2 N–H and O–H groups in total. The van der Waals surface area contributed by atoms with E-state index in [0.717, 1.165) is 44.3 Å². The quantitative estimate of drug-likeness (QED) is 0.385. The van der Waals surface area contributed by atoms with Crippen LogP contribution in [-0.2, 0) is 11.2 Å². The third kappa shape index (κ3) is 6.61. The maximum absolute atomic E-state index is 14.6. The van der Waals surface area contributed by atoms with E-state index in [9.17, 15) is 9.18 Å². The van der Waals surface area contributed by atoms with Crippen molar-refractivity contribution in [1.82, 2.24) is 5.32 Å². The molecule has 0 atom stereocenters. The van der Waals surface area contributed by atoms with Crippen molar-refractivity contribution in [2.24, 2.45) is 10.9 Å². The standard InChI is InChI=1S/C23H34FN3O2/c1-25-23(16-29-19-5-3-2-4-6-19)27-22-14-18(13-21(24)20(22)15-28)8-7-17-9-11-26-12-10-17/h13-15,17,19,26H,2-12,16H2,1H3,(H,25,27). The molecule has 2 fully saturated rings. The predicted molar refractivity (Wildman–Crippen MR) is 116 cm³/mol. The van der Waals surface area contributed by atoms with Crippen LogP contribution in [0.3, 0.4) is 0 Å². The molecule has 1 aromatic rings. The Labute approximate surface area is 173 Å². The fraction of sp³-hybridized carbons (Fsp3) is 0.652. The van der Waals surface area contributed by atoms with Crippen molar-refractivity contribution in [3.63, 3.8) is 0 Å². The van der Waals surface area contributed by atoms with Gasteiger partial charge in [0, 0.05) is 7.05 Å². The molecule has 1 aliphatic heterocycles. The first-order valence-corrected chi connectivity index (χ1v) is 11.0. The topological polar surface area (TPSA) is 62.7 Å². The largest absolute Gasteiger partial charge is 0.370 e. The molecule has 6 heteroatoms. The van der Waals surface area contributed by atoms with E-state index in [1.165, 1.54) is 38.2 Å². The highest BCUT2D eigenvalue weighted by atomic mass is 19.1. The Morgan fingerprint density at radius 3 is 2.69 bits per heavy atom. The molecule has 160 valence electrons. The highest BCUT2D eigenvalue weighted by molar-refractivity contribution is 6.00. The lowest BCUT2D eigenvalue weighted by molar-refractivity contribution is 0.0528. The lowest BCUT2D eigenvalue weighted by Gasteiger charge is -2.23. The van der Waals surface area contributed by atoms with Crippen LogP contribution in [0.4, 0.5) is 10.1 Å². The highest BCUT2D eigenvalue weighted by Gasteiger charge is 2.17. The van der Waals surface area contributed by atoms with Gasteiger partial charge in [-0.15, -0.1) is 0 Å². The van der Waals surface area contributed by atoms with E-state index in [1.807, 2.05) is 6.07 Å². The van der Waals surface area contributed by atoms with Crippen LogP contribution in [-0.4, -0.2) is 45.0 Å². The molecule has 1 heterocycles. The van der Waals surface area contributed by atoms with Gasteiger partial charge in [0.25, 0.3) is 0 Å². The van der Waals surface area contributed by atoms with Gasteiger partial charge in [-0.1, -0.05) is 19.3 Å². The van der Waals surface area contributed by atoms with Gasteiger partial charge in [-0.05, 0) is 75.2 Å². The molecule has 0 amide bonds. The number of hydrogen-bond donors (Lipinski definition) is 2. The number of hydrogen-bond acceptors (Lipinski definition) is 4. The SMILES string of the molecule is CN=C(COC1CCCCC1)Nc1cc(CCC2CCNCC2)cc(F)c1C=O. The number of benzene rings is 1. The van der Waals surface area contributed by atoms with Crippen molar-refractivity contribution in [1.29, 1.82) is 0 Å². The number of aliphatic imine (C=N–C) groups is 1. The average Bonchev–Trinajstić information content (AvgIpc) is 2.76. The van der Waals surface area contributed by atoms with Gasteiger partial charge in [-0.3, -0.25) is 9.79 Å². The number of ether oxygens (including phenoxy) is 1. The zero-order chi connectivity index (χ0) is 20.5. The molecule has 0 spiro atoms. The van der Waals surface area contributed by atoms with Crippen LogP contribution < -0.4 is 10.6 Å². The summed E-state index contributed by atoms with van der Waals surface area (Å²) < 4.78 is 20.5. The first-order valence-electron chi connectivity index (χ1n) is 11.0. The van der Waals surface area contributed by atoms with E-state index in [1.54, 1.807) is 7.05 Å². The summed E-state index contributed by atoms with van der Waals surface area (Å²) in [7, 11) is 1.68. The van der Waals surface area contributed by atoms with Crippen LogP contribution in [0.15, 0.2) is 17.1 Å². The molecule has 3 rings (SSSR count). The third-order valence-corrected chi connectivity index (χ3v) is 6.16. The summed E-state index contributed by atoms with van der Waals surface area (Å²) in [6.45, 7) is 2.47. The predicted octanol–water partition coefficient (Wildman–Crippen LogP) is 4.36. The number of amidine groups is 1. The van der Waals surface area contributed by atoms with Gasteiger partial charge in [0.1, 0.15) is 18.3 Å². The van der Waals surface area contributed by atoms with Gasteiger partial charge >= 0.3 is 0 Å². The molecule has 0 aromatic heterocycles. The number of aryl methyl sites for hydroxylation is 1. The molecule has 1 saturated heterocycles. The highest BCUT2D eigenvalue weighted by Crippen LogP contribution is 2.25. The van der Waals surface area contributed by atoms with Crippen LogP contribution in [0.25, 0.3) is 0 Å². The summed E-state index contributed by atoms with van der Waals surface area (Å²) in [5.74, 6) is 0.820. The smallest absolute Gasteiger partial charge is 0.155 e. The summed E-state index contributed by atoms with van der Waals surface area (Å²) in [6.07, 6.45) is 10.9. The van der Waals surface area contributed by atoms with Crippen LogP contribution in [0.5, 0.6) is 0 Å². The average molecular weight is 404 g/mol. The number of carbonyl (C=O) groups is 1. The van der Waals surface area contributed by atoms with Gasteiger partial charge < -0.3 is 15.4 Å². The van der Waals surface area contributed by atoms with Gasteiger partial charge in [-0.25, -0.2) is 4.39 Å². The van der Waals surface area contributed by atoms with Crippen LogP contribution in [0.1, 0.15) is 67.3 Å². The van der Waals surface area contributed by atoms with E-state index in [2.05, 4.69) is 15.6 Å². The molecule has 5 nitrogen and oxygen atoms in total. The minimum Gasteiger partial charge on any atom is -0.370 e. The van der Waals surface area contributed by atoms with Crippen molar-refractivity contribution < 1.29 is 13.9 Å². The number of nitrogens with one attached hydrogen (secondary N) is 2. The van der Waals surface area contributed by atoms with Crippen LogP contribution >= 0.6 is 0 Å². The summed E-state index contributed by atoms with van der Waals surface area (Å²) in [5.41, 5.74) is 1.44. The normalized spacial score (nSPS) is 19.3. The molecule has 29 heavy (non-hydrogen) atoms. The monoisotopic (exact) mass is 403 g/mol. The van der Waals surface area contributed by atoms with Crippen LogP contribution in [0.2, 0.25) is 0 Å². The second-order valence-corrected chi connectivity index (χ2v) is 8.26. The minimum absolute atomic E-state index is 0.0504. The second kappa shape index (κ2) is 11.4. The van der Waals surface area contributed by atoms with Gasteiger partial charge in [-0.2, -0.15) is 0 Å². The van der Waals surface area contributed by atoms with Crippen molar-refractivity contribution in [2.45, 2.75) is 63.9 Å². The summed E-state index contributed by atoms with van der Waals surface area (Å²) in [6, 6.07) is 3.39. The molecule has 2 aliphatic rings. The van der Waals surface area contributed by atoms with Gasteiger partial charge in [0.05, 0.1) is 17.4 Å². The Morgan fingerprint density at radius 1 is 1.24 bits per heavy atom. The Bertz CT molecular complexity index is 696. The first-order chi connectivity index (χ1) is 14.2. The Morgan fingerprint density at radius 2 is 2.00 bits per heavy atom. The van der Waals surface area contributed by atoms with Crippen molar-refractivity contribution >= 4 is 17.8 Å². The molecular formula is C23H34FN3O2. The Kier molecular flexibility index (Phi) is 8.62. The zero-order valence-electron chi connectivity index (χ0n) is 17.5. The molecular weight excluding hydrogens is 369 g/mol. The number of piperidine rings is 1. The molecule has 0 radical (unpaired) electrons. The zero-order valence-corrected chi connectivity index (χ0v) is 17.5. The van der Waals surface area contributed by atoms with Crippen molar-refractivity contribution in [2.75, 3.05) is 32.1 Å². The number of anilines is 1. The third-order valence-electron chi connectivity index (χ3n) is 6.16. The Hall–Kier alpha value is -1.79. The van der Waals surface area contributed by atoms with Crippen LogP contribution in [0, 0.1) is 11.7 Å². The number of rotatable bonds is 8. The maximum Gasteiger partial charge on any atom is 0.155 e. The van der Waals surface area contributed by atoms with E-state index in [4.69, 9.17) is 4.74 Å². The van der Waals surface area contributed by atoms with Crippen molar-refractivity contribution in [3.05, 3.63) is 29.1 Å². The number of halogens is 1. The molecule has 1 aromatic carbocycles. The van der Waals surface area contributed by atoms with Gasteiger partial charge in [0.2, 0.25) is 0 Å². The Balaban J connectivity index is 1.63. The second-order valence-electron chi connectivity index (χ2n) is 8.26. The number of carbonyl (C=O) groups excluding carboxylic acids is 1. The van der Waals surface area contributed by atoms with E-state index < -0.39 is 5.82 Å². The van der Waals surface area contributed by atoms with E-state index >= 15 is 0 Å². The molecule has 1 aliphatic carbocycles. The lowest BCUT2D eigenvalue weighted by atomic mass is 9.91. The van der Waals surface area contributed by atoms with E-state index in [0.29, 0.717) is 30.3 Å². The molecule has 0 bridgehead atoms. The van der Waals surface area contributed by atoms with Crippen molar-refractivity contribution in [3.8, 4) is 0 Å². The fourth-order valence-corrected chi connectivity index (χ4v) is 4.32. The lowest BCUT2D eigenvalue weighted by Crippen LogP contribution is -2.28.